The van der Waals surface area contributed by atoms with Gasteiger partial charge in [0.2, 0.25) is 0 Å². The highest BCUT2D eigenvalue weighted by Crippen LogP contribution is 2.09. The number of nitrogens with two attached hydrogens (primary N) is 1. The van der Waals surface area contributed by atoms with E-state index in [1.165, 1.54) is 0 Å². The third kappa shape index (κ3) is 2.88. The number of hydrogen-bond donors (Lipinski definition) is 2. The summed E-state index contributed by atoms with van der Waals surface area (Å²) in [6.07, 6.45) is 2.24. The van der Waals surface area contributed by atoms with E-state index in [0.29, 0.717) is 18.9 Å². The van der Waals surface area contributed by atoms with Gasteiger partial charge in [0, 0.05) is 0 Å². The summed E-state index contributed by atoms with van der Waals surface area (Å²) < 4.78 is 4.74. The average Bonchev–Trinajstić information content (AvgIpc) is 2.67. The van der Waals surface area contributed by atoms with Gasteiger partial charge in [0.15, 0.2) is 0 Å². The lowest BCUT2D eigenvalue weighted by molar-refractivity contribution is 0.0512. The molecule has 1 aromatic rings. The van der Waals surface area contributed by atoms with Gasteiger partial charge >= 0.3 is 5.97 Å². The molecule has 0 amide bonds. The first-order valence-corrected chi connectivity index (χ1v) is 4.65. The second kappa shape index (κ2) is 5.26. The molecular weight excluding hydrogens is 196 g/mol. The first-order chi connectivity index (χ1) is 7.19. The quantitative estimate of drug-likeness (QED) is 0.547. The van der Waals surface area contributed by atoms with Crippen LogP contribution in [0.4, 0.5) is 0 Å². The van der Waals surface area contributed by atoms with Crippen molar-refractivity contribution in [3.8, 4) is 0 Å². The summed E-state index contributed by atoms with van der Waals surface area (Å²) in [4.78, 5) is 15.1. The van der Waals surface area contributed by atoms with E-state index < -0.39 is 5.97 Å². The van der Waals surface area contributed by atoms with Gasteiger partial charge in [-0.1, -0.05) is 6.08 Å². The summed E-state index contributed by atoms with van der Waals surface area (Å²) >= 11 is 0. The highest BCUT2D eigenvalue weighted by Gasteiger charge is 2.16. The molecule has 3 N–H and O–H groups in total. The summed E-state index contributed by atoms with van der Waals surface area (Å²) in [6, 6.07) is -0.321. The number of aromatic nitrogens is 3. The summed E-state index contributed by atoms with van der Waals surface area (Å²) in [5.41, 5.74) is 5.74. The number of carbonyl (C=O) groups is 1. The van der Waals surface area contributed by atoms with Gasteiger partial charge in [-0.25, -0.2) is 9.78 Å². The van der Waals surface area contributed by atoms with E-state index >= 15 is 0 Å². The van der Waals surface area contributed by atoms with Crippen molar-refractivity contribution < 1.29 is 9.53 Å². The maximum Gasteiger partial charge on any atom is 0.378 e. The fraction of sp³-hybridized carbons (Fsp3) is 0.444. The number of hydrogen-bond acceptors (Lipinski definition) is 5. The molecule has 0 spiro atoms. The van der Waals surface area contributed by atoms with Crippen molar-refractivity contribution >= 4 is 5.97 Å². The zero-order valence-corrected chi connectivity index (χ0v) is 8.56. The molecule has 0 aromatic carbocycles. The third-order valence-electron chi connectivity index (χ3n) is 1.73. The molecule has 0 fully saturated rings. The van der Waals surface area contributed by atoms with Crippen LogP contribution in [0, 0.1) is 0 Å². The molecule has 1 atom stereocenters. The molecule has 1 heterocycles. The van der Waals surface area contributed by atoms with E-state index in [2.05, 4.69) is 21.8 Å². The first-order valence-electron chi connectivity index (χ1n) is 4.65. The minimum Gasteiger partial charge on any atom is -0.460 e. The smallest absolute Gasteiger partial charge is 0.378 e. The maximum absolute atomic E-state index is 11.2. The summed E-state index contributed by atoms with van der Waals surface area (Å²) in [7, 11) is 0. The Balaban J connectivity index is 2.71. The van der Waals surface area contributed by atoms with Gasteiger partial charge in [-0.3, -0.25) is 5.10 Å². The van der Waals surface area contributed by atoms with E-state index in [4.69, 9.17) is 10.5 Å². The molecule has 1 rings (SSSR count). The summed E-state index contributed by atoms with van der Waals surface area (Å²) in [5.74, 6) is -0.0879. The first kappa shape index (κ1) is 11.4. The van der Waals surface area contributed by atoms with Gasteiger partial charge in [0.1, 0.15) is 5.82 Å². The molecule has 6 heteroatoms. The molecule has 1 unspecified atom stereocenters. The fourth-order valence-corrected chi connectivity index (χ4v) is 1.02. The Bertz CT molecular complexity index is 348. The monoisotopic (exact) mass is 210 g/mol. The molecule has 82 valence electrons. The van der Waals surface area contributed by atoms with Crippen molar-refractivity contribution in [3.63, 3.8) is 0 Å². The molecule has 1 aromatic heterocycles. The largest absolute Gasteiger partial charge is 0.460 e. The van der Waals surface area contributed by atoms with Crippen LogP contribution in [-0.4, -0.2) is 27.8 Å². The van der Waals surface area contributed by atoms with Gasteiger partial charge < -0.3 is 10.5 Å². The van der Waals surface area contributed by atoms with Gasteiger partial charge in [-0.15, -0.1) is 11.7 Å². The van der Waals surface area contributed by atoms with Crippen molar-refractivity contribution in [2.75, 3.05) is 6.61 Å². The Labute approximate surface area is 87.5 Å². The van der Waals surface area contributed by atoms with Crippen LogP contribution in [0.25, 0.3) is 0 Å². The van der Waals surface area contributed by atoms with E-state index in [1.54, 1.807) is 13.0 Å². The molecule has 0 saturated carbocycles. The van der Waals surface area contributed by atoms with E-state index in [-0.39, 0.29) is 11.9 Å². The van der Waals surface area contributed by atoms with Crippen LogP contribution >= 0.6 is 0 Å². The van der Waals surface area contributed by atoms with Crippen molar-refractivity contribution in [3.05, 3.63) is 24.3 Å². The molecule has 0 aliphatic rings. The lowest BCUT2D eigenvalue weighted by atomic mass is 10.2. The Kier molecular flexibility index (Phi) is 3.99. The SMILES string of the molecule is C=CCC(N)c1nc(C(=O)OCC)n[nH]1. The van der Waals surface area contributed by atoms with Gasteiger partial charge in [-0.05, 0) is 13.3 Å². The van der Waals surface area contributed by atoms with Crippen LogP contribution in [0.1, 0.15) is 35.8 Å². The molecule has 0 saturated heterocycles. The Morgan fingerprint density at radius 1 is 1.80 bits per heavy atom. The van der Waals surface area contributed by atoms with Crippen LogP contribution < -0.4 is 5.73 Å². The third-order valence-corrected chi connectivity index (χ3v) is 1.73. The van der Waals surface area contributed by atoms with E-state index in [1.807, 2.05) is 0 Å². The Hall–Kier alpha value is -1.69. The van der Waals surface area contributed by atoms with Crippen molar-refractivity contribution in [2.24, 2.45) is 5.73 Å². The van der Waals surface area contributed by atoms with Crippen LogP contribution in [0.15, 0.2) is 12.7 Å². The second-order valence-electron chi connectivity index (χ2n) is 2.90. The van der Waals surface area contributed by atoms with Crippen LogP contribution in [0.3, 0.4) is 0 Å². The van der Waals surface area contributed by atoms with Crippen LogP contribution in [0.2, 0.25) is 0 Å². The number of H-pyrrole nitrogens is 1. The fourth-order valence-electron chi connectivity index (χ4n) is 1.02. The van der Waals surface area contributed by atoms with Gasteiger partial charge in [0.25, 0.3) is 5.82 Å². The number of esters is 1. The zero-order chi connectivity index (χ0) is 11.3. The number of rotatable bonds is 5. The lowest BCUT2D eigenvalue weighted by Gasteiger charge is -2.02. The average molecular weight is 210 g/mol. The highest BCUT2D eigenvalue weighted by molar-refractivity contribution is 5.84. The standard InChI is InChI=1S/C9H14N4O2/c1-3-5-6(10)7-11-8(13-12-7)9(14)15-4-2/h3,6H,1,4-5,10H2,2H3,(H,11,12,13). The number of nitrogens with zero attached hydrogens (tertiary/aromatic N) is 2. The van der Waals surface area contributed by atoms with Gasteiger partial charge in [0.05, 0.1) is 12.6 Å². The molecular formula is C9H14N4O2. The van der Waals surface area contributed by atoms with E-state index in [9.17, 15) is 4.79 Å². The molecule has 0 radical (unpaired) electrons. The Morgan fingerprint density at radius 3 is 3.13 bits per heavy atom. The summed E-state index contributed by atoms with van der Waals surface area (Å²) in [5, 5.41) is 6.31. The molecule has 15 heavy (non-hydrogen) atoms. The molecule has 6 nitrogen and oxygen atoms in total. The molecule has 0 bridgehead atoms. The summed E-state index contributed by atoms with van der Waals surface area (Å²) in [6.45, 7) is 5.57. The predicted molar refractivity (Wildman–Crippen MR) is 54.1 cm³/mol. The van der Waals surface area contributed by atoms with Crippen molar-refractivity contribution in [1.29, 1.82) is 0 Å². The lowest BCUT2D eigenvalue weighted by Crippen LogP contribution is -2.11. The number of nitrogens with one attached hydrogen (secondary N) is 1. The predicted octanol–water partition coefficient (Wildman–Crippen LogP) is 0.557. The second-order valence-corrected chi connectivity index (χ2v) is 2.90. The molecule has 0 aliphatic heterocycles. The minimum atomic E-state index is -0.550. The molecule has 0 aliphatic carbocycles. The Morgan fingerprint density at radius 2 is 2.53 bits per heavy atom. The van der Waals surface area contributed by atoms with Crippen LogP contribution in [-0.2, 0) is 4.74 Å². The minimum absolute atomic E-state index is 0.00589. The number of carbonyl (C=O) groups excluding carboxylic acids is 1. The normalized spacial score (nSPS) is 12.1. The topological polar surface area (TPSA) is 93.9 Å². The zero-order valence-electron chi connectivity index (χ0n) is 8.56. The number of ether oxygens (including phenoxy) is 1. The van der Waals surface area contributed by atoms with Crippen molar-refractivity contribution in [2.45, 2.75) is 19.4 Å². The van der Waals surface area contributed by atoms with Gasteiger partial charge in [-0.2, -0.15) is 0 Å². The number of aromatic amines is 1. The highest BCUT2D eigenvalue weighted by atomic mass is 16.5. The van der Waals surface area contributed by atoms with Crippen LogP contribution in [0.5, 0.6) is 0 Å². The maximum atomic E-state index is 11.2. The van der Waals surface area contributed by atoms with E-state index in [0.717, 1.165) is 0 Å². The van der Waals surface area contributed by atoms with Crippen molar-refractivity contribution in [1.82, 2.24) is 15.2 Å².